The van der Waals surface area contributed by atoms with Crippen molar-refractivity contribution in [1.29, 1.82) is 0 Å². The third-order valence-electron chi connectivity index (χ3n) is 2.33. The first kappa shape index (κ1) is 10.4. The number of nitrogens with zero attached hydrogens (tertiary/aromatic N) is 2. The fraction of sp³-hybridized carbons (Fsp3) is 0.857. The van der Waals surface area contributed by atoms with E-state index in [1.165, 1.54) is 0 Å². The maximum absolute atomic E-state index is 11.3. The fourth-order valence-corrected chi connectivity index (χ4v) is 1.73. The summed E-state index contributed by atoms with van der Waals surface area (Å²) < 4.78 is 0. The quantitative estimate of drug-likeness (QED) is 0.420. The lowest BCUT2D eigenvalue weighted by Gasteiger charge is -2.40. The predicted octanol–water partition coefficient (Wildman–Crippen LogP) is 0.647. The van der Waals surface area contributed by atoms with Gasteiger partial charge in [0.25, 0.3) is 0 Å². The monoisotopic (exact) mass is 250 g/mol. The van der Waals surface area contributed by atoms with Crippen LogP contribution in [0, 0.1) is 10.1 Å². The molecule has 5 nitrogen and oxygen atoms in total. The molecule has 1 aliphatic heterocycles. The maximum atomic E-state index is 11.3. The van der Waals surface area contributed by atoms with E-state index in [9.17, 15) is 14.9 Å². The Morgan fingerprint density at radius 1 is 1.77 bits per heavy atom. The van der Waals surface area contributed by atoms with Crippen molar-refractivity contribution < 1.29 is 9.72 Å². The van der Waals surface area contributed by atoms with Crippen molar-refractivity contribution in [2.75, 3.05) is 11.9 Å². The van der Waals surface area contributed by atoms with Crippen LogP contribution in [0.2, 0.25) is 0 Å². The highest BCUT2D eigenvalue weighted by Crippen LogP contribution is 2.21. The van der Waals surface area contributed by atoms with Gasteiger partial charge in [0.05, 0.1) is 12.6 Å². The number of rotatable bonds is 3. The van der Waals surface area contributed by atoms with E-state index in [0.717, 1.165) is 0 Å². The minimum Gasteiger partial charge on any atom is -0.326 e. The van der Waals surface area contributed by atoms with Crippen LogP contribution in [0.15, 0.2) is 0 Å². The highest BCUT2D eigenvalue weighted by molar-refractivity contribution is 9.09. The molecule has 0 bridgehead atoms. The number of likely N-dealkylation sites (tertiary alicyclic amines) is 1. The van der Waals surface area contributed by atoms with Crippen LogP contribution in [0.4, 0.5) is 0 Å². The Morgan fingerprint density at radius 3 is 2.77 bits per heavy atom. The zero-order valence-corrected chi connectivity index (χ0v) is 8.86. The van der Waals surface area contributed by atoms with Crippen LogP contribution in [-0.4, -0.2) is 39.7 Å². The lowest BCUT2D eigenvalue weighted by molar-refractivity contribution is -0.546. The molecule has 74 valence electrons. The lowest BCUT2D eigenvalue weighted by Crippen LogP contribution is -2.63. The maximum Gasteiger partial charge on any atom is 0.250 e. The number of nitro groups is 1. The van der Waals surface area contributed by atoms with Crippen LogP contribution in [0.3, 0.4) is 0 Å². The minimum atomic E-state index is -0.570. The van der Waals surface area contributed by atoms with Crippen molar-refractivity contribution >= 4 is 21.8 Å². The Balaban J connectivity index is 2.43. The first-order valence-corrected chi connectivity index (χ1v) is 5.19. The zero-order valence-electron chi connectivity index (χ0n) is 7.27. The van der Waals surface area contributed by atoms with Gasteiger partial charge in [-0.3, -0.25) is 14.9 Å². The number of alkyl halides is 1. The van der Waals surface area contributed by atoms with E-state index in [4.69, 9.17) is 0 Å². The third-order valence-corrected chi connectivity index (χ3v) is 2.73. The van der Waals surface area contributed by atoms with Gasteiger partial charge >= 0.3 is 0 Å². The van der Waals surface area contributed by atoms with Crippen LogP contribution in [0.25, 0.3) is 0 Å². The number of halogens is 1. The molecule has 0 radical (unpaired) electrons. The smallest absolute Gasteiger partial charge is 0.250 e. The molecule has 1 saturated heterocycles. The Bertz CT molecular complexity index is 234. The number of hydrogen-bond acceptors (Lipinski definition) is 3. The summed E-state index contributed by atoms with van der Waals surface area (Å²) in [7, 11) is 0. The van der Waals surface area contributed by atoms with E-state index in [-0.39, 0.29) is 23.4 Å². The molecule has 1 amide bonds. The number of hydrogen-bond donors (Lipinski definition) is 0. The topological polar surface area (TPSA) is 63.5 Å². The van der Waals surface area contributed by atoms with Gasteiger partial charge in [0, 0.05) is 16.7 Å². The summed E-state index contributed by atoms with van der Waals surface area (Å²) in [5.41, 5.74) is 0. The molecule has 0 aromatic rings. The van der Waals surface area contributed by atoms with Gasteiger partial charge in [-0.25, -0.2) is 0 Å². The van der Waals surface area contributed by atoms with Crippen molar-refractivity contribution in [3.05, 3.63) is 10.1 Å². The van der Waals surface area contributed by atoms with E-state index >= 15 is 0 Å². The van der Waals surface area contributed by atoms with Gasteiger partial charge in [0.2, 0.25) is 11.9 Å². The molecule has 2 unspecified atom stereocenters. The minimum absolute atomic E-state index is 0.0116. The number of carbonyl (C=O) groups is 1. The summed E-state index contributed by atoms with van der Waals surface area (Å²) >= 11 is 3.15. The zero-order chi connectivity index (χ0) is 10.0. The second-order valence-corrected chi connectivity index (χ2v) is 3.87. The highest BCUT2D eigenvalue weighted by Gasteiger charge is 2.46. The summed E-state index contributed by atoms with van der Waals surface area (Å²) in [6.07, 6.45) is 0.411. The van der Waals surface area contributed by atoms with Gasteiger partial charge in [-0.2, -0.15) is 0 Å². The van der Waals surface area contributed by atoms with Crippen LogP contribution in [-0.2, 0) is 4.79 Å². The second kappa shape index (κ2) is 4.04. The molecule has 0 aliphatic carbocycles. The molecule has 1 fully saturated rings. The van der Waals surface area contributed by atoms with Gasteiger partial charge < -0.3 is 4.90 Å². The SMILES string of the molecule is CC1C([N+](=O)[O-])CN1C(=O)CCBr. The van der Waals surface area contributed by atoms with E-state index in [1.807, 2.05) is 0 Å². The first-order chi connectivity index (χ1) is 6.07. The molecule has 13 heavy (non-hydrogen) atoms. The normalized spacial score (nSPS) is 26.8. The summed E-state index contributed by atoms with van der Waals surface area (Å²) in [6.45, 7) is 1.98. The van der Waals surface area contributed by atoms with E-state index in [0.29, 0.717) is 11.8 Å². The molecule has 0 aromatic heterocycles. The molecule has 1 heterocycles. The Hall–Kier alpha value is -0.650. The van der Waals surface area contributed by atoms with Crippen molar-refractivity contribution in [3.8, 4) is 0 Å². The van der Waals surface area contributed by atoms with Crippen molar-refractivity contribution in [1.82, 2.24) is 4.90 Å². The first-order valence-electron chi connectivity index (χ1n) is 4.07. The molecule has 0 saturated carbocycles. The third kappa shape index (κ3) is 1.99. The van der Waals surface area contributed by atoms with Crippen molar-refractivity contribution in [3.63, 3.8) is 0 Å². The standard InChI is InChI=1S/C7H11BrN2O3/c1-5-6(10(12)13)4-9(5)7(11)2-3-8/h5-6H,2-4H2,1H3. The molecule has 2 atom stereocenters. The van der Waals surface area contributed by atoms with Gasteiger partial charge in [-0.1, -0.05) is 15.9 Å². The van der Waals surface area contributed by atoms with E-state index in [2.05, 4.69) is 15.9 Å². The molecule has 0 spiro atoms. The molecule has 6 heteroatoms. The van der Waals surface area contributed by atoms with Crippen LogP contribution < -0.4 is 0 Å². The molecular formula is C7H11BrN2O3. The van der Waals surface area contributed by atoms with Gasteiger partial charge in [-0.15, -0.1) is 0 Å². The molecule has 0 N–H and O–H groups in total. The van der Waals surface area contributed by atoms with E-state index in [1.54, 1.807) is 11.8 Å². The predicted molar refractivity (Wildman–Crippen MR) is 50.4 cm³/mol. The molecule has 1 aliphatic rings. The van der Waals surface area contributed by atoms with Gasteiger partial charge in [-0.05, 0) is 6.92 Å². The lowest BCUT2D eigenvalue weighted by atomic mass is 9.98. The highest BCUT2D eigenvalue weighted by atomic mass is 79.9. The molecule has 1 rings (SSSR count). The molecular weight excluding hydrogens is 240 g/mol. The van der Waals surface area contributed by atoms with Crippen LogP contribution in [0.1, 0.15) is 13.3 Å². The largest absolute Gasteiger partial charge is 0.326 e. The summed E-state index contributed by atoms with van der Waals surface area (Å²) in [5.74, 6) is -0.0116. The van der Waals surface area contributed by atoms with Crippen molar-refractivity contribution in [2.45, 2.75) is 25.4 Å². The van der Waals surface area contributed by atoms with Crippen LogP contribution >= 0.6 is 15.9 Å². The average molecular weight is 251 g/mol. The Morgan fingerprint density at radius 2 is 2.38 bits per heavy atom. The van der Waals surface area contributed by atoms with Crippen LogP contribution in [0.5, 0.6) is 0 Å². The summed E-state index contributed by atoms with van der Waals surface area (Å²) in [6, 6.07) is -0.819. The van der Waals surface area contributed by atoms with Crippen molar-refractivity contribution in [2.24, 2.45) is 0 Å². The second-order valence-electron chi connectivity index (χ2n) is 3.08. The molecule has 0 aromatic carbocycles. The van der Waals surface area contributed by atoms with Gasteiger partial charge in [0.1, 0.15) is 0 Å². The summed E-state index contributed by atoms with van der Waals surface area (Å²) in [5, 5.41) is 11.0. The number of carbonyl (C=O) groups excluding carboxylic acids is 1. The van der Waals surface area contributed by atoms with E-state index < -0.39 is 6.04 Å². The van der Waals surface area contributed by atoms with Gasteiger partial charge in [0.15, 0.2) is 0 Å². The number of amides is 1. The summed E-state index contributed by atoms with van der Waals surface area (Å²) in [4.78, 5) is 22.9. The Labute approximate surface area is 84.4 Å². The fourth-order valence-electron chi connectivity index (χ4n) is 1.39. The average Bonchev–Trinajstić information content (AvgIpc) is 2.01. The Kier molecular flexibility index (Phi) is 3.24.